The largest absolute Gasteiger partial charge is 0.480 e. The first-order valence-corrected chi connectivity index (χ1v) is 10.6. The van der Waals surface area contributed by atoms with Crippen molar-refractivity contribution >= 4 is 40.6 Å². The number of carbonyl (C=O) groups is 3. The zero-order chi connectivity index (χ0) is 22.1. The summed E-state index contributed by atoms with van der Waals surface area (Å²) in [4.78, 5) is 36.5. The van der Waals surface area contributed by atoms with Gasteiger partial charge in [-0.2, -0.15) is 0 Å². The highest BCUT2D eigenvalue weighted by Crippen LogP contribution is 2.10. The predicted molar refractivity (Wildman–Crippen MR) is 121 cm³/mol. The molecule has 0 aromatic heterocycles. The summed E-state index contributed by atoms with van der Waals surface area (Å²) < 4.78 is 6.20. The van der Waals surface area contributed by atoms with Crippen LogP contribution < -0.4 is 10.6 Å². The van der Waals surface area contributed by atoms with E-state index >= 15 is 0 Å². The Morgan fingerprint density at radius 2 is 1.60 bits per heavy atom. The number of halogens is 1. The number of aliphatic carboxylic acids is 1. The summed E-state index contributed by atoms with van der Waals surface area (Å²) in [7, 11) is 0. The number of benzene rings is 2. The van der Waals surface area contributed by atoms with Gasteiger partial charge in [-0.1, -0.05) is 56.3 Å². The van der Waals surface area contributed by atoms with E-state index in [4.69, 9.17) is 4.74 Å². The number of ether oxygens (including phenoxy) is 1. The van der Waals surface area contributed by atoms with Crippen molar-refractivity contribution < 1.29 is 24.2 Å². The lowest BCUT2D eigenvalue weighted by molar-refractivity contribution is -0.142. The average molecular weight is 524 g/mol. The molecule has 0 aliphatic rings. The number of hydrogen-bond donors (Lipinski definition) is 3. The van der Waals surface area contributed by atoms with Crippen LogP contribution in [0.3, 0.4) is 0 Å². The zero-order valence-electron chi connectivity index (χ0n) is 16.8. The van der Waals surface area contributed by atoms with Crippen molar-refractivity contribution in [2.75, 3.05) is 0 Å². The summed E-state index contributed by atoms with van der Waals surface area (Å²) >= 11 is 2.16. The van der Waals surface area contributed by atoms with Gasteiger partial charge in [-0.05, 0) is 51.8 Å². The van der Waals surface area contributed by atoms with Crippen molar-refractivity contribution in [3.05, 3.63) is 69.3 Å². The van der Waals surface area contributed by atoms with Crippen LogP contribution in [0.25, 0.3) is 0 Å². The van der Waals surface area contributed by atoms with E-state index in [1.54, 1.807) is 13.8 Å². The average Bonchev–Trinajstić information content (AvgIpc) is 2.71. The summed E-state index contributed by atoms with van der Waals surface area (Å²) in [6.45, 7) is 3.59. The number of rotatable bonds is 9. The third-order valence-corrected chi connectivity index (χ3v) is 5.12. The number of nitrogens with one attached hydrogen (secondary N) is 2. The summed E-state index contributed by atoms with van der Waals surface area (Å²) in [5.74, 6) is -1.97. The minimum absolute atomic E-state index is 0.0731. The lowest BCUT2D eigenvalue weighted by Gasteiger charge is -2.24. The number of alkyl carbamates (subject to hydrolysis) is 1. The quantitative estimate of drug-likeness (QED) is 0.437. The normalized spacial score (nSPS) is 12.7. The van der Waals surface area contributed by atoms with E-state index in [0.29, 0.717) is 0 Å². The van der Waals surface area contributed by atoms with Crippen LogP contribution in [0.1, 0.15) is 25.0 Å². The van der Waals surface area contributed by atoms with Crippen LogP contribution in [0.4, 0.5) is 4.79 Å². The number of hydrogen-bond acceptors (Lipinski definition) is 4. The fourth-order valence-corrected chi connectivity index (χ4v) is 3.10. The number of carboxylic acid groups (broad SMARTS) is 1. The molecule has 0 aliphatic carbocycles. The maximum Gasteiger partial charge on any atom is 0.408 e. The van der Waals surface area contributed by atoms with E-state index in [2.05, 4.69) is 33.2 Å². The highest BCUT2D eigenvalue weighted by molar-refractivity contribution is 14.1. The Hall–Kier alpha value is -2.62. The van der Waals surface area contributed by atoms with Crippen LogP contribution >= 0.6 is 22.6 Å². The van der Waals surface area contributed by atoms with Crippen molar-refractivity contribution in [1.29, 1.82) is 0 Å². The van der Waals surface area contributed by atoms with Gasteiger partial charge in [-0.3, -0.25) is 4.79 Å². The molecule has 2 atom stereocenters. The van der Waals surface area contributed by atoms with Gasteiger partial charge in [0, 0.05) is 9.99 Å². The fraction of sp³-hybridized carbons (Fsp3) is 0.318. The molecule has 2 amide bonds. The number of amides is 2. The van der Waals surface area contributed by atoms with Crippen molar-refractivity contribution in [2.45, 2.75) is 39.0 Å². The Morgan fingerprint density at radius 3 is 2.17 bits per heavy atom. The third-order valence-electron chi connectivity index (χ3n) is 4.40. The van der Waals surface area contributed by atoms with Crippen LogP contribution in [0.2, 0.25) is 0 Å². The van der Waals surface area contributed by atoms with Crippen LogP contribution in [-0.4, -0.2) is 35.2 Å². The summed E-state index contributed by atoms with van der Waals surface area (Å²) in [6.07, 6.45) is -0.599. The van der Waals surface area contributed by atoms with Gasteiger partial charge >= 0.3 is 12.1 Å². The van der Waals surface area contributed by atoms with E-state index in [1.165, 1.54) is 0 Å². The minimum atomic E-state index is -1.14. The molecule has 0 saturated heterocycles. The molecule has 0 bridgehead atoms. The topological polar surface area (TPSA) is 105 Å². The Balaban J connectivity index is 1.97. The van der Waals surface area contributed by atoms with Gasteiger partial charge in [0.2, 0.25) is 5.91 Å². The van der Waals surface area contributed by atoms with E-state index < -0.39 is 30.1 Å². The van der Waals surface area contributed by atoms with Crippen LogP contribution in [0.15, 0.2) is 54.6 Å². The first kappa shape index (κ1) is 23.7. The maximum absolute atomic E-state index is 12.7. The lowest BCUT2D eigenvalue weighted by atomic mass is 10.0. The lowest BCUT2D eigenvalue weighted by Crippen LogP contribution is -2.54. The molecule has 7 nitrogen and oxygen atoms in total. The SMILES string of the molecule is CC(C)[C@@H](NC(=O)OCc1ccccc1)C(=O)N[C@@H](Cc1ccc(I)cc1)C(=O)O. The first-order chi connectivity index (χ1) is 14.3. The third kappa shape index (κ3) is 7.66. The van der Waals surface area contributed by atoms with Gasteiger partial charge in [0.15, 0.2) is 0 Å². The highest BCUT2D eigenvalue weighted by atomic mass is 127. The van der Waals surface area contributed by atoms with Gasteiger partial charge < -0.3 is 20.5 Å². The molecule has 0 unspecified atom stereocenters. The standard InChI is InChI=1S/C22H25IN2O5/c1-14(2)19(25-22(29)30-13-16-6-4-3-5-7-16)20(26)24-18(21(27)28)12-15-8-10-17(23)11-9-15/h3-11,14,18-19H,12-13H2,1-2H3,(H,24,26)(H,25,29)(H,27,28)/t18-,19+/m0/s1. The fourth-order valence-electron chi connectivity index (χ4n) is 2.74. The van der Waals surface area contributed by atoms with E-state index in [9.17, 15) is 19.5 Å². The first-order valence-electron chi connectivity index (χ1n) is 9.51. The molecule has 2 aromatic carbocycles. The molecule has 0 fully saturated rings. The Bertz CT molecular complexity index is 856. The smallest absolute Gasteiger partial charge is 0.408 e. The second-order valence-electron chi connectivity index (χ2n) is 7.16. The van der Waals surface area contributed by atoms with E-state index in [1.807, 2.05) is 54.6 Å². The Kier molecular flexibility index (Phi) is 9.10. The molecule has 2 aromatic rings. The molecule has 0 aliphatic heterocycles. The van der Waals surface area contributed by atoms with E-state index in [-0.39, 0.29) is 18.9 Å². The van der Waals surface area contributed by atoms with Crippen molar-refractivity contribution in [1.82, 2.24) is 10.6 Å². The van der Waals surface area contributed by atoms with Crippen molar-refractivity contribution in [3.8, 4) is 0 Å². The van der Waals surface area contributed by atoms with Gasteiger partial charge in [0.25, 0.3) is 0 Å². The number of carboxylic acids is 1. The predicted octanol–water partition coefficient (Wildman–Crippen LogP) is 3.35. The van der Waals surface area contributed by atoms with Gasteiger partial charge in [0.05, 0.1) is 0 Å². The maximum atomic E-state index is 12.7. The van der Waals surface area contributed by atoms with E-state index in [0.717, 1.165) is 14.7 Å². The highest BCUT2D eigenvalue weighted by Gasteiger charge is 2.29. The Morgan fingerprint density at radius 1 is 0.967 bits per heavy atom. The molecule has 2 rings (SSSR count). The summed E-state index contributed by atoms with van der Waals surface area (Å²) in [5, 5.41) is 14.6. The Labute approximate surface area is 189 Å². The summed E-state index contributed by atoms with van der Waals surface area (Å²) in [6, 6.07) is 14.5. The van der Waals surface area contributed by atoms with Crippen molar-refractivity contribution in [3.63, 3.8) is 0 Å². The van der Waals surface area contributed by atoms with Gasteiger partial charge in [0.1, 0.15) is 18.7 Å². The summed E-state index contributed by atoms with van der Waals surface area (Å²) in [5.41, 5.74) is 1.61. The van der Waals surface area contributed by atoms with Crippen LogP contribution in [0, 0.1) is 9.49 Å². The molecular formula is C22H25IN2O5. The molecule has 0 heterocycles. The zero-order valence-corrected chi connectivity index (χ0v) is 19.0. The monoisotopic (exact) mass is 524 g/mol. The molecule has 8 heteroatoms. The van der Waals surface area contributed by atoms with Crippen LogP contribution in [-0.2, 0) is 27.4 Å². The minimum Gasteiger partial charge on any atom is -0.480 e. The molecule has 0 saturated carbocycles. The molecule has 0 radical (unpaired) electrons. The van der Waals surface area contributed by atoms with Gasteiger partial charge in [-0.25, -0.2) is 9.59 Å². The van der Waals surface area contributed by atoms with Crippen molar-refractivity contribution in [2.24, 2.45) is 5.92 Å². The molecule has 3 N–H and O–H groups in total. The molecule has 0 spiro atoms. The molecule has 30 heavy (non-hydrogen) atoms. The molecule has 160 valence electrons. The second kappa shape index (κ2) is 11.5. The molecular weight excluding hydrogens is 499 g/mol. The number of carbonyl (C=O) groups excluding carboxylic acids is 2. The van der Waals surface area contributed by atoms with Crippen LogP contribution in [0.5, 0.6) is 0 Å². The second-order valence-corrected chi connectivity index (χ2v) is 8.40. The van der Waals surface area contributed by atoms with Gasteiger partial charge in [-0.15, -0.1) is 0 Å².